The molecule has 1 unspecified atom stereocenters. The standard InChI is InChI=1S/C30H30FO4P/c1-3-29(32)34-16-13-21-5-9-23(10-6-21)26-20-28(31)27(19-25(26)15-18-36)24-11-7-22(8-12-24)14-17-35-30(33)4-2/h3-12,19-20H,1-2,13-18,36H2. The van der Waals surface area contributed by atoms with Crippen molar-refractivity contribution in [1.82, 2.24) is 0 Å². The maximum atomic E-state index is 15.3. The Morgan fingerprint density at radius 3 is 1.67 bits per heavy atom. The lowest BCUT2D eigenvalue weighted by atomic mass is 9.92. The maximum absolute atomic E-state index is 15.3. The van der Waals surface area contributed by atoms with E-state index in [2.05, 4.69) is 22.4 Å². The average molecular weight is 505 g/mol. The number of carbonyl (C=O) groups is 2. The maximum Gasteiger partial charge on any atom is 0.330 e. The Labute approximate surface area is 214 Å². The molecule has 0 spiro atoms. The van der Waals surface area contributed by atoms with E-state index in [0.717, 1.165) is 58.1 Å². The minimum Gasteiger partial charge on any atom is -0.462 e. The number of hydrogen-bond donors (Lipinski definition) is 0. The van der Waals surface area contributed by atoms with Gasteiger partial charge in [0.2, 0.25) is 0 Å². The summed E-state index contributed by atoms with van der Waals surface area (Å²) in [5.41, 5.74) is 6.23. The molecule has 36 heavy (non-hydrogen) atoms. The van der Waals surface area contributed by atoms with Gasteiger partial charge in [0.25, 0.3) is 0 Å². The van der Waals surface area contributed by atoms with Gasteiger partial charge in [-0.05, 0) is 58.1 Å². The number of esters is 2. The molecular weight excluding hydrogens is 474 g/mol. The van der Waals surface area contributed by atoms with Gasteiger partial charge in [0.05, 0.1) is 13.2 Å². The highest BCUT2D eigenvalue weighted by molar-refractivity contribution is 7.16. The smallest absolute Gasteiger partial charge is 0.330 e. The zero-order valence-electron chi connectivity index (χ0n) is 20.2. The van der Waals surface area contributed by atoms with E-state index in [-0.39, 0.29) is 19.0 Å². The molecule has 3 aromatic carbocycles. The van der Waals surface area contributed by atoms with Gasteiger partial charge >= 0.3 is 11.9 Å². The molecule has 0 heterocycles. The van der Waals surface area contributed by atoms with Crippen LogP contribution in [0.5, 0.6) is 0 Å². The average Bonchev–Trinajstić information content (AvgIpc) is 2.90. The lowest BCUT2D eigenvalue weighted by Crippen LogP contribution is -2.04. The number of halogens is 1. The van der Waals surface area contributed by atoms with Crippen molar-refractivity contribution in [2.24, 2.45) is 0 Å². The fraction of sp³-hybridized carbons (Fsp3) is 0.200. The molecule has 0 aromatic heterocycles. The lowest BCUT2D eigenvalue weighted by molar-refractivity contribution is -0.138. The van der Waals surface area contributed by atoms with Crippen LogP contribution in [0.1, 0.15) is 16.7 Å². The van der Waals surface area contributed by atoms with Crippen LogP contribution in [0.4, 0.5) is 4.39 Å². The van der Waals surface area contributed by atoms with Gasteiger partial charge in [-0.1, -0.05) is 61.7 Å². The van der Waals surface area contributed by atoms with Crippen molar-refractivity contribution in [2.75, 3.05) is 19.4 Å². The third-order valence-corrected chi connectivity index (χ3v) is 6.03. The van der Waals surface area contributed by atoms with E-state index in [1.54, 1.807) is 6.07 Å². The number of benzene rings is 3. The number of rotatable bonds is 12. The molecule has 0 aliphatic carbocycles. The van der Waals surface area contributed by atoms with Gasteiger partial charge in [-0.15, -0.1) is 9.24 Å². The van der Waals surface area contributed by atoms with Crippen LogP contribution in [0.25, 0.3) is 22.3 Å². The molecule has 186 valence electrons. The Morgan fingerprint density at radius 2 is 1.22 bits per heavy atom. The molecule has 0 saturated heterocycles. The molecule has 0 radical (unpaired) electrons. The molecular formula is C30H30FO4P. The molecule has 0 bridgehead atoms. The molecule has 1 atom stereocenters. The van der Waals surface area contributed by atoms with Crippen molar-refractivity contribution in [2.45, 2.75) is 19.3 Å². The Balaban J connectivity index is 1.78. The summed E-state index contributed by atoms with van der Waals surface area (Å²) >= 11 is 0. The Bertz CT molecular complexity index is 1220. The van der Waals surface area contributed by atoms with E-state index in [0.29, 0.717) is 18.4 Å². The molecule has 3 aromatic rings. The molecule has 0 fully saturated rings. The minimum atomic E-state index is -0.445. The first kappa shape index (κ1) is 27.0. The van der Waals surface area contributed by atoms with Gasteiger partial charge in [0.15, 0.2) is 0 Å². The summed E-state index contributed by atoms with van der Waals surface area (Å²) in [6, 6.07) is 19.0. The molecule has 3 rings (SSSR count). The van der Waals surface area contributed by atoms with Gasteiger partial charge in [0, 0.05) is 30.6 Å². The summed E-state index contributed by atoms with van der Waals surface area (Å²) in [5.74, 6) is -1.17. The lowest BCUT2D eigenvalue weighted by Gasteiger charge is -2.14. The third-order valence-electron chi connectivity index (χ3n) is 5.74. The summed E-state index contributed by atoms with van der Waals surface area (Å²) in [6.07, 6.45) is 5.10. The summed E-state index contributed by atoms with van der Waals surface area (Å²) < 4.78 is 25.4. The fourth-order valence-electron chi connectivity index (χ4n) is 3.83. The van der Waals surface area contributed by atoms with Gasteiger partial charge in [0.1, 0.15) is 5.82 Å². The van der Waals surface area contributed by atoms with Gasteiger partial charge in [-0.2, -0.15) is 0 Å². The zero-order valence-corrected chi connectivity index (χ0v) is 21.3. The summed E-state index contributed by atoms with van der Waals surface area (Å²) in [6.45, 7) is 7.31. The van der Waals surface area contributed by atoms with Crippen LogP contribution in [0.2, 0.25) is 0 Å². The Morgan fingerprint density at radius 1 is 0.750 bits per heavy atom. The highest BCUT2D eigenvalue weighted by Gasteiger charge is 2.13. The Kier molecular flexibility index (Phi) is 10.1. The second-order valence-corrected chi connectivity index (χ2v) is 8.74. The van der Waals surface area contributed by atoms with Crippen LogP contribution in [0.3, 0.4) is 0 Å². The third kappa shape index (κ3) is 7.47. The SMILES string of the molecule is C=CC(=O)OCCc1ccc(-c2cc(CCP)c(-c3ccc(CCOC(=O)C=C)cc3)cc2F)cc1. The predicted molar refractivity (Wildman–Crippen MR) is 145 cm³/mol. The van der Waals surface area contributed by atoms with E-state index in [9.17, 15) is 9.59 Å². The highest BCUT2D eigenvalue weighted by Crippen LogP contribution is 2.33. The topological polar surface area (TPSA) is 52.6 Å². The molecule has 0 amide bonds. The monoisotopic (exact) mass is 504 g/mol. The van der Waals surface area contributed by atoms with Crippen molar-refractivity contribution in [1.29, 1.82) is 0 Å². The van der Waals surface area contributed by atoms with E-state index in [1.807, 2.05) is 54.6 Å². The van der Waals surface area contributed by atoms with Crippen LogP contribution in [0.15, 0.2) is 86.0 Å². The Hall–Kier alpha value is -3.56. The normalized spacial score (nSPS) is 10.5. The predicted octanol–water partition coefficient (Wildman–Crippen LogP) is 6.12. The largest absolute Gasteiger partial charge is 0.462 e. The molecule has 4 nitrogen and oxygen atoms in total. The van der Waals surface area contributed by atoms with Crippen LogP contribution in [-0.2, 0) is 38.3 Å². The molecule has 0 N–H and O–H groups in total. The minimum absolute atomic E-state index is 0.268. The molecule has 0 saturated carbocycles. The van der Waals surface area contributed by atoms with Crippen LogP contribution in [0, 0.1) is 5.82 Å². The number of carbonyl (C=O) groups excluding carboxylic acids is 2. The number of aryl methyl sites for hydroxylation is 1. The van der Waals surface area contributed by atoms with E-state index in [1.165, 1.54) is 0 Å². The van der Waals surface area contributed by atoms with E-state index in [4.69, 9.17) is 9.47 Å². The number of ether oxygens (including phenoxy) is 2. The molecule has 6 heteroatoms. The van der Waals surface area contributed by atoms with Gasteiger partial charge in [-0.3, -0.25) is 0 Å². The van der Waals surface area contributed by atoms with Crippen molar-refractivity contribution in [3.8, 4) is 22.3 Å². The van der Waals surface area contributed by atoms with Crippen LogP contribution in [-0.4, -0.2) is 31.3 Å². The van der Waals surface area contributed by atoms with E-state index >= 15 is 4.39 Å². The molecule has 0 aliphatic rings. The second kappa shape index (κ2) is 13.5. The zero-order chi connectivity index (χ0) is 25.9. The van der Waals surface area contributed by atoms with Crippen molar-refractivity contribution in [3.05, 3.63) is 108 Å². The van der Waals surface area contributed by atoms with Crippen LogP contribution < -0.4 is 0 Å². The van der Waals surface area contributed by atoms with Crippen molar-refractivity contribution < 1.29 is 23.5 Å². The highest BCUT2D eigenvalue weighted by atomic mass is 31.0. The molecule has 0 aliphatic heterocycles. The summed E-state index contributed by atoms with van der Waals surface area (Å²) in [7, 11) is 2.73. The number of hydrogen-bond acceptors (Lipinski definition) is 4. The quantitative estimate of drug-likeness (QED) is 0.169. The first-order chi connectivity index (χ1) is 17.4. The van der Waals surface area contributed by atoms with E-state index < -0.39 is 11.9 Å². The van der Waals surface area contributed by atoms with Crippen molar-refractivity contribution >= 4 is 21.2 Å². The van der Waals surface area contributed by atoms with Gasteiger partial charge in [-0.25, -0.2) is 14.0 Å². The first-order valence-corrected chi connectivity index (χ1v) is 12.6. The van der Waals surface area contributed by atoms with Crippen LogP contribution >= 0.6 is 9.24 Å². The fourth-order valence-corrected chi connectivity index (χ4v) is 4.14. The first-order valence-electron chi connectivity index (χ1n) is 11.7. The second-order valence-electron chi connectivity index (χ2n) is 8.16. The summed E-state index contributed by atoms with van der Waals surface area (Å²) in [5, 5.41) is 0. The summed E-state index contributed by atoms with van der Waals surface area (Å²) in [4.78, 5) is 22.4. The van der Waals surface area contributed by atoms with Crippen molar-refractivity contribution in [3.63, 3.8) is 0 Å². The van der Waals surface area contributed by atoms with Gasteiger partial charge < -0.3 is 9.47 Å².